The molecule has 1 fully saturated rings. The van der Waals surface area contributed by atoms with Gasteiger partial charge in [-0.25, -0.2) is 0 Å². The van der Waals surface area contributed by atoms with Crippen molar-refractivity contribution in [2.45, 2.75) is 38.5 Å². The van der Waals surface area contributed by atoms with Crippen molar-refractivity contribution in [1.29, 1.82) is 0 Å². The maximum atomic E-state index is 10.8. The minimum Gasteiger partial charge on any atom is -0.481 e. The predicted molar refractivity (Wildman–Crippen MR) is 47.0 cm³/mol. The molecule has 74 valence electrons. The quantitative estimate of drug-likeness (QED) is 0.682. The van der Waals surface area contributed by atoms with Crippen molar-refractivity contribution < 1.29 is 14.7 Å². The molecule has 3 N–H and O–H groups in total. The summed E-state index contributed by atoms with van der Waals surface area (Å²) in [6.07, 6.45) is 3.97. The van der Waals surface area contributed by atoms with Gasteiger partial charge in [-0.15, -0.1) is 0 Å². The Kier molecular flexibility index (Phi) is 2.90. The Morgan fingerprint density at radius 3 is 2.15 bits per heavy atom. The van der Waals surface area contributed by atoms with Gasteiger partial charge in [-0.05, 0) is 18.3 Å². The summed E-state index contributed by atoms with van der Waals surface area (Å²) in [6, 6.07) is 0. The largest absolute Gasteiger partial charge is 0.481 e. The first-order valence-corrected chi connectivity index (χ1v) is 4.54. The molecule has 13 heavy (non-hydrogen) atoms. The van der Waals surface area contributed by atoms with Crippen molar-refractivity contribution in [3.63, 3.8) is 0 Å². The van der Waals surface area contributed by atoms with Crippen molar-refractivity contribution in [2.75, 3.05) is 0 Å². The lowest BCUT2D eigenvalue weighted by Gasteiger charge is -2.24. The number of hydrogen-bond donors (Lipinski definition) is 2. The van der Waals surface area contributed by atoms with E-state index in [0.717, 1.165) is 25.7 Å². The van der Waals surface area contributed by atoms with Gasteiger partial charge in [-0.1, -0.05) is 12.8 Å². The zero-order valence-corrected chi connectivity index (χ0v) is 7.58. The highest BCUT2D eigenvalue weighted by atomic mass is 16.4. The second-order valence-corrected chi connectivity index (χ2v) is 3.92. The molecule has 0 aromatic rings. The van der Waals surface area contributed by atoms with E-state index in [-0.39, 0.29) is 24.2 Å². The van der Waals surface area contributed by atoms with E-state index in [1.807, 2.05) is 0 Å². The van der Waals surface area contributed by atoms with Crippen molar-refractivity contribution in [3.05, 3.63) is 0 Å². The molecule has 0 heterocycles. The van der Waals surface area contributed by atoms with Gasteiger partial charge in [-0.2, -0.15) is 0 Å². The number of carbonyl (C=O) groups excluding carboxylic acids is 1. The summed E-state index contributed by atoms with van der Waals surface area (Å²) in [5.74, 6) is -1.22. The number of primary amides is 1. The Morgan fingerprint density at radius 2 is 1.77 bits per heavy atom. The molecule has 1 saturated carbocycles. The van der Waals surface area contributed by atoms with Crippen molar-refractivity contribution in [2.24, 2.45) is 11.1 Å². The number of carboxylic acid groups (broad SMARTS) is 1. The van der Waals surface area contributed by atoms with E-state index in [1.54, 1.807) is 0 Å². The number of amides is 1. The molecular formula is C9H15NO3. The maximum Gasteiger partial charge on any atom is 0.303 e. The summed E-state index contributed by atoms with van der Waals surface area (Å²) in [5, 5.41) is 8.70. The lowest BCUT2D eigenvalue weighted by molar-refractivity contribution is -0.140. The molecule has 1 amide bonds. The second kappa shape index (κ2) is 3.77. The lowest BCUT2D eigenvalue weighted by Crippen LogP contribution is -2.27. The van der Waals surface area contributed by atoms with E-state index in [4.69, 9.17) is 10.8 Å². The molecule has 4 nitrogen and oxygen atoms in total. The van der Waals surface area contributed by atoms with Gasteiger partial charge in [0.1, 0.15) is 0 Å². The number of rotatable bonds is 4. The summed E-state index contributed by atoms with van der Waals surface area (Å²) >= 11 is 0. The number of nitrogens with two attached hydrogens (primary N) is 1. The summed E-state index contributed by atoms with van der Waals surface area (Å²) in [6.45, 7) is 0. The first-order valence-electron chi connectivity index (χ1n) is 4.54. The third-order valence-corrected chi connectivity index (χ3v) is 2.74. The van der Waals surface area contributed by atoms with Gasteiger partial charge in [0.2, 0.25) is 5.91 Å². The van der Waals surface area contributed by atoms with Gasteiger partial charge in [0.25, 0.3) is 0 Å². The minimum absolute atomic E-state index is 0.0793. The maximum absolute atomic E-state index is 10.8. The van der Waals surface area contributed by atoms with Crippen LogP contribution in [0.5, 0.6) is 0 Å². The fourth-order valence-corrected chi connectivity index (χ4v) is 2.23. The van der Waals surface area contributed by atoms with Gasteiger partial charge < -0.3 is 10.8 Å². The van der Waals surface area contributed by atoms with Crippen LogP contribution >= 0.6 is 0 Å². The van der Waals surface area contributed by atoms with E-state index < -0.39 is 5.97 Å². The third kappa shape index (κ3) is 2.72. The number of carboxylic acids is 1. The summed E-state index contributed by atoms with van der Waals surface area (Å²) in [7, 11) is 0. The van der Waals surface area contributed by atoms with Gasteiger partial charge in [-0.3, -0.25) is 9.59 Å². The predicted octanol–water partition coefficient (Wildman–Crippen LogP) is 0.897. The van der Waals surface area contributed by atoms with E-state index in [1.165, 1.54) is 0 Å². The fraction of sp³-hybridized carbons (Fsp3) is 0.778. The van der Waals surface area contributed by atoms with Crippen LogP contribution in [0.1, 0.15) is 38.5 Å². The van der Waals surface area contributed by atoms with Crippen LogP contribution in [0.2, 0.25) is 0 Å². The normalized spacial score (nSPS) is 20.0. The second-order valence-electron chi connectivity index (χ2n) is 3.92. The molecule has 0 saturated heterocycles. The molecule has 0 spiro atoms. The topological polar surface area (TPSA) is 80.4 Å². The molecule has 0 unspecified atom stereocenters. The highest BCUT2D eigenvalue weighted by Crippen LogP contribution is 2.43. The zero-order chi connectivity index (χ0) is 9.90. The number of carbonyl (C=O) groups is 2. The van der Waals surface area contributed by atoms with Crippen LogP contribution in [-0.4, -0.2) is 17.0 Å². The van der Waals surface area contributed by atoms with Crippen LogP contribution in [0.4, 0.5) is 0 Å². The highest BCUT2D eigenvalue weighted by molar-refractivity contribution is 5.76. The van der Waals surface area contributed by atoms with E-state index >= 15 is 0 Å². The van der Waals surface area contributed by atoms with Crippen LogP contribution in [-0.2, 0) is 9.59 Å². The van der Waals surface area contributed by atoms with Crippen LogP contribution in [0.25, 0.3) is 0 Å². The average Bonchev–Trinajstić information content (AvgIpc) is 2.33. The van der Waals surface area contributed by atoms with E-state index in [9.17, 15) is 9.59 Å². The molecule has 0 aliphatic heterocycles. The Labute approximate surface area is 77.1 Å². The first-order chi connectivity index (χ1) is 6.04. The molecule has 1 aliphatic carbocycles. The van der Waals surface area contributed by atoms with Crippen molar-refractivity contribution in [1.82, 2.24) is 0 Å². The van der Waals surface area contributed by atoms with Crippen molar-refractivity contribution >= 4 is 11.9 Å². The standard InChI is InChI=1S/C9H15NO3/c10-7(11)5-9(6-8(12)13)3-1-2-4-9/h1-6H2,(H2,10,11)(H,12,13). The van der Waals surface area contributed by atoms with Crippen molar-refractivity contribution in [3.8, 4) is 0 Å². The van der Waals surface area contributed by atoms with Gasteiger partial charge in [0, 0.05) is 6.42 Å². The monoisotopic (exact) mass is 185 g/mol. The van der Waals surface area contributed by atoms with E-state index in [2.05, 4.69) is 0 Å². The molecule has 4 heteroatoms. The van der Waals surface area contributed by atoms with Gasteiger partial charge in [0.05, 0.1) is 6.42 Å². The molecule has 1 aliphatic rings. The smallest absolute Gasteiger partial charge is 0.303 e. The van der Waals surface area contributed by atoms with Crippen LogP contribution < -0.4 is 5.73 Å². The Hall–Kier alpha value is -1.06. The highest BCUT2D eigenvalue weighted by Gasteiger charge is 2.37. The van der Waals surface area contributed by atoms with Gasteiger partial charge in [0.15, 0.2) is 0 Å². The molecule has 0 aromatic carbocycles. The summed E-state index contributed by atoms with van der Waals surface area (Å²) in [5.41, 5.74) is 4.77. The van der Waals surface area contributed by atoms with Crippen LogP contribution in [0.3, 0.4) is 0 Å². The fourth-order valence-electron chi connectivity index (χ4n) is 2.23. The Bertz CT molecular complexity index is 201. The zero-order valence-electron chi connectivity index (χ0n) is 7.58. The first kappa shape index (κ1) is 10.0. The Balaban J connectivity index is 2.62. The summed E-state index contributed by atoms with van der Waals surface area (Å²) in [4.78, 5) is 21.4. The number of aliphatic carboxylic acids is 1. The van der Waals surface area contributed by atoms with E-state index in [0.29, 0.717) is 0 Å². The average molecular weight is 185 g/mol. The molecular weight excluding hydrogens is 170 g/mol. The van der Waals surface area contributed by atoms with Crippen LogP contribution in [0, 0.1) is 5.41 Å². The molecule has 1 rings (SSSR count). The minimum atomic E-state index is -0.830. The number of hydrogen-bond acceptors (Lipinski definition) is 2. The molecule has 0 radical (unpaired) electrons. The van der Waals surface area contributed by atoms with Gasteiger partial charge >= 0.3 is 5.97 Å². The third-order valence-electron chi connectivity index (χ3n) is 2.74. The molecule has 0 aromatic heterocycles. The Morgan fingerprint density at radius 1 is 1.23 bits per heavy atom. The molecule has 0 atom stereocenters. The summed E-state index contributed by atoms with van der Waals surface area (Å²) < 4.78 is 0. The lowest BCUT2D eigenvalue weighted by atomic mass is 9.79. The van der Waals surface area contributed by atoms with Crippen LogP contribution in [0.15, 0.2) is 0 Å². The SMILES string of the molecule is NC(=O)CC1(CC(=O)O)CCCC1. The molecule has 0 bridgehead atoms.